The standard InChI is InChI=1S/C48H30N2Si/c1-7-19-41-33(13-1)34-14-2-8-20-42(34)49(41)31-25-27-47-39(29-31)37-17-5-11-23-45(37)51(47)46-24-12-6-18-38(46)40-30-32(26-28-48(40)51)50-43-21-9-3-15-35(43)36-16-4-10-22-44(36)50/h1-30H/q-1. The van der Waals surface area contributed by atoms with E-state index in [4.69, 9.17) is 0 Å². The van der Waals surface area contributed by atoms with Crippen LogP contribution in [0.15, 0.2) is 182 Å². The fourth-order valence-corrected chi connectivity index (χ4v) is 15.4. The van der Waals surface area contributed by atoms with Crippen LogP contribution in [-0.4, -0.2) is 17.2 Å². The molecule has 0 amide bonds. The van der Waals surface area contributed by atoms with Crippen LogP contribution < -0.4 is 20.7 Å². The number of nitrogens with zero attached hydrogens (tertiary/aromatic N) is 2. The van der Waals surface area contributed by atoms with Gasteiger partial charge in [-0.15, -0.1) is 0 Å². The molecular weight excluding hydrogens is 633 g/mol. The van der Waals surface area contributed by atoms with Gasteiger partial charge < -0.3 is 9.13 Å². The summed E-state index contributed by atoms with van der Waals surface area (Å²) in [6, 6.07) is 68.4. The molecule has 2 aliphatic rings. The van der Waals surface area contributed by atoms with Crippen molar-refractivity contribution >= 4 is 72.4 Å². The lowest BCUT2D eigenvalue weighted by molar-refractivity contribution is 1.18. The predicted octanol–water partition coefficient (Wildman–Crippen LogP) is 9.22. The summed E-state index contributed by atoms with van der Waals surface area (Å²) in [5.41, 5.74) is 12.9. The Balaban J connectivity index is 1.13. The molecule has 2 aromatic heterocycles. The van der Waals surface area contributed by atoms with Crippen LogP contribution >= 0.6 is 0 Å². The van der Waals surface area contributed by atoms with Gasteiger partial charge in [0.15, 0.2) is 0 Å². The normalized spacial score (nSPS) is 13.6. The molecule has 4 heterocycles. The van der Waals surface area contributed by atoms with E-state index < -0.39 is 8.07 Å². The summed E-state index contributed by atoms with van der Waals surface area (Å²) in [5, 5.41) is 11.1. The highest BCUT2D eigenvalue weighted by molar-refractivity contribution is 7.24. The van der Waals surface area contributed by atoms with Gasteiger partial charge in [-0.05, 0) is 67.7 Å². The maximum Gasteiger partial charge on any atom is 0.0541 e. The number of hydrogen-bond donors (Lipinski definition) is 0. The smallest absolute Gasteiger partial charge is 0.0541 e. The van der Waals surface area contributed by atoms with E-state index in [-0.39, 0.29) is 0 Å². The summed E-state index contributed by atoms with van der Waals surface area (Å²) in [6.07, 6.45) is 0. The molecular formula is C48H30N2Si-. The molecule has 8 aromatic carbocycles. The van der Waals surface area contributed by atoms with Crippen molar-refractivity contribution in [2.24, 2.45) is 0 Å². The fourth-order valence-electron chi connectivity index (χ4n) is 9.80. The zero-order chi connectivity index (χ0) is 33.3. The van der Waals surface area contributed by atoms with Crippen molar-refractivity contribution in [3.63, 3.8) is 0 Å². The first-order chi connectivity index (χ1) is 25.3. The molecule has 0 unspecified atom stereocenters. The Morgan fingerprint density at radius 2 is 0.588 bits per heavy atom. The highest BCUT2D eigenvalue weighted by atomic mass is 28.3. The minimum absolute atomic E-state index is 1.21. The van der Waals surface area contributed by atoms with Crippen molar-refractivity contribution in [3.05, 3.63) is 182 Å². The van der Waals surface area contributed by atoms with E-state index in [0.29, 0.717) is 0 Å². The Hall–Kier alpha value is -6.42. The van der Waals surface area contributed by atoms with Gasteiger partial charge in [0.2, 0.25) is 0 Å². The minimum atomic E-state index is -2.60. The Kier molecular flexibility index (Phi) is 5.29. The number of fused-ring (bicyclic) bond motifs is 16. The molecule has 0 radical (unpaired) electrons. The molecule has 3 heteroatoms. The molecule has 0 fully saturated rings. The third-order valence-corrected chi connectivity index (χ3v) is 16.7. The van der Waals surface area contributed by atoms with Crippen molar-refractivity contribution < 1.29 is 0 Å². The van der Waals surface area contributed by atoms with E-state index in [1.165, 1.54) is 98.0 Å². The molecule has 0 bridgehead atoms. The van der Waals surface area contributed by atoms with E-state index in [9.17, 15) is 0 Å². The van der Waals surface area contributed by atoms with E-state index in [1.807, 2.05) is 0 Å². The first kappa shape index (κ1) is 27.4. The maximum absolute atomic E-state index is 2.60. The number of rotatable bonds is 2. The summed E-state index contributed by atoms with van der Waals surface area (Å²) >= 11 is 0. The maximum atomic E-state index is 2.48. The monoisotopic (exact) mass is 662 g/mol. The van der Waals surface area contributed by atoms with Crippen LogP contribution in [0.2, 0.25) is 0 Å². The molecule has 12 rings (SSSR count). The molecule has 237 valence electrons. The summed E-state index contributed by atoms with van der Waals surface area (Å²) in [5.74, 6) is 0. The Morgan fingerprint density at radius 1 is 0.275 bits per heavy atom. The van der Waals surface area contributed by atoms with Gasteiger partial charge >= 0.3 is 0 Å². The van der Waals surface area contributed by atoms with Gasteiger partial charge in [-0.25, -0.2) is 0 Å². The second-order valence-corrected chi connectivity index (χ2v) is 17.7. The van der Waals surface area contributed by atoms with Gasteiger partial charge in [-0.1, -0.05) is 145 Å². The summed E-state index contributed by atoms with van der Waals surface area (Å²) in [4.78, 5) is 0. The largest absolute Gasteiger partial charge is 0.309 e. The third kappa shape index (κ3) is 3.37. The number of benzene rings is 8. The summed E-state index contributed by atoms with van der Waals surface area (Å²) < 4.78 is 4.91. The molecule has 0 aliphatic carbocycles. The molecule has 0 atom stereocenters. The minimum Gasteiger partial charge on any atom is -0.309 e. The predicted molar refractivity (Wildman–Crippen MR) is 217 cm³/mol. The molecule has 51 heavy (non-hydrogen) atoms. The summed E-state index contributed by atoms with van der Waals surface area (Å²) in [7, 11) is -2.60. The molecule has 10 aromatic rings. The second-order valence-electron chi connectivity index (χ2n) is 14.0. The average Bonchev–Trinajstić information content (AvgIpc) is 3.90. The first-order valence-corrected chi connectivity index (χ1v) is 19.8. The lowest BCUT2D eigenvalue weighted by Crippen LogP contribution is -2.70. The quantitative estimate of drug-likeness (QED) is 0.163. The molecule has 2 aliphatic heterocycles. The van der Waals surface area contributed by atoms with Gasteiger partial charge in [-0.3, -0.25) is 0 Å². The highest BCUT2D eigenvalue weighted by Crippen LogP contribution is 2.40. The lowest BCUT2D eigenvalue weighted by atomic mass is 10.1. The van der Waals surface area contributed by atoms with Crippen LogP contribution in [0.4, 0.5) is 0 Å². The van der Waals surface area contributed by atoms with Gasteiger partial charge in [0, 0.05) is 32.9 Å². The Morgan fingerprint density at radius 3 is 0.980 bits per heavy atom. The zero-order valence-corrected chi connectivity index (χ0v) is 28.7. The molecule has 0 saturated heterocycles. The van der Waals surface area contributed by atoms with Crippen molar-refractivity contribution in [1.82, 2.24) is 9.13 Å². The number of aromatic nitrogens is 2. The molecule has 1 spiro atoms. The van der Waals surface area contributed by atoms with E-state index in [0.717, 1.165) is 0 Å². The SMILES string of the molecule is c1ccc2c(c1)-c1cc(-n3c4ccccc4c4ccccc43)ccc1[Si-]21c2ccccc2-c2cc(-n3c4ccccc4c4ccccc43)ccc21. The molecule has 2 nitrogen and oxygen atoms in total. The highest BCUT2D eigenvalue weighted by Gasteiger charge is 2.42. The van der Waals surface area contributed by atoms with Crippen LogP contribution in [0.1, 0.15) is 0 Å². The van der Waals surface area contributed by atoms with Gasteiger partial charge in [0.05, 0.1) is 22.1 Å². The first-order valence-electron chi connectivity index (χ1n) is 17.8. The molecule has 0 saturated carbocycles. The van der Waals surface area contributed by atoms with E-state index >= 15 is 0 Å². The molecule has 0 N–H and O–H groups in total. The van der Waals surface area contributed by atoms with Crippen molar-refractivity contribution in [3.8, 4) is 33.6 Å². The van der Waals surface area contributed by atoms with Gasteiger partial charge in [-0.2, -0.15) is 20.7 Å². The van der Waals surface area contributed by atoms with Crippen LogP contribution in [0.3, 0.4) is 0 Å². The number of para-hydroxylation sites is 4. The van der Waals surface area contributed by atoms with Crippen LogP contribution in [-0.2, 0) is 0 Å². The van der Waals surface area contributed by atoms with E-state index in [1.54, 1.807) is 0 Å². The van der Waals surface area contributed by atoms with Gasteiger partial charge in [0.25, 0.3) is 0 Å². The van der Waals surface area contributed by atoms with Crippen LogP contribution in [0.25, 0.3) is 77.2 Å². The van der Waals surface area contributed by atoms with Crippen molar-refractivity contribution in [2.45, 2.75) is 0 Å². The second kappa shape index (κ2) is 9.84. The third-order valence-electron chi connectivity index (χ3n) is 11.7. The van der Waals surface area contributed by atoms with E-state index in [2.05, 4.69) is 191 Å². The fraction of sp³-hybridized carbons (Fsp3) is 0. The van der Waals surface area contributed by atoms with Gasteiger partial charge in [0.1, 0.15) is 0 Å². The average molecular weight is 663 g/mol. The van der Waals surface area contributed by atoms with Crippen LogP contribution in [0.5, 0.6) is 0 Å². The Bertz CT molecular complexity index is 2790. The topological polar surface area (TPSA) is 9.86 Å². The zero-order valence-electron chi connectivity index (χ0n) is 27.7. The number of hydrogen-bond acceptors (Lipinski definition) is 0. The van der Waals surface area contributed by atoms with Crippen LogP contribution in [0, 0.1) is 0 Å². The summed E-state index contributed by atoms with van der Waals surface area (Å²) in [6.45, 7) is 0. The lowest BCUT2D eigenvalue weighted by Gasteiger charge is -2.41. The van der Waals surface area contributed by atoms with Crippen molar-refractivity contribution in [2.75, 3.05) is 0 Å². The Labute approximate surface area is 296 Å². The van der Waals surface area contributed by atoms with Crippen molar-refractivity contribution in [1.29, 1.82) is 0 Å².